The van der Waals surface area contributed by atoms with Crippen molar-refractivity contribution in [3.63, 3.8) is 0 Å². The summed E-state index contributed by atoms with van der Waals surface area (Å²) in [6, 6.07) is 5.58. The van der Waals surface area contributed by atoms with Crippen LogP contribution < -0.4 is 11.3 Å². The number of anilines is 1. The Morgan fingerprint density at radius 1 is 1.20 bits per heavy atom. The summed E-state index contributed by atoms with van der Waals surface area (Å²) in [6.07, 6.45) is 4.58. The van der Waals surface area contributed by atoms with Crippen molar-refractivity contribution in [2.24, 2.45) is 5.84 Å². The molecule has 20 heavy (non-hydrogen) atoms. The molecule has 0 saturated carbocycles. The van der Waals surface area contributed by atoms with Gasteiger partial charge in [-0.2, -0.15) is 24.7 Å². The first kappa shape index (κ1) is 12.4. The fraction of sp³-hybridized carbons (Fsp3) is 0. The van der Waals surface area contributed by atoms with E-state index in [-0.39, 0.29) is 5.95 Å². The number of aromatic nitrogens is 7. The van der Waals surface area contributed by atoms with Crippen LogP contribution in [0.3, 0.4) is 0 Å². The van der Waals surface area contributed by atoms with Crippen LogP contribution in [0.15, 0.2) is 47.2 Å². The molecule has 0 spiro atoms. The number of nitrogens with one attached hydrogen (secondary N) is 1. The van der Waals surface area contributed by atoms with Gasteiger partial charge in [0.2, 0.25) is 11.1 Å². The average Bonchev–Trinajstić information content (AvgIpc) is 3.02. The Bertz CT molecular complexity index is 685. The lowest BCUT2D eigenvalue weighted by Crippen LogP contribution is -2.14. The van der Waals surface area contributed by atoms with E-state index in [1.54, 1.807) is 6.20 Å². The molecule has 3 N–H and O–H groups in total. The molecule has 0 aliphatic heterocycles. The Labute approximate surface area is 117 Å². The van der Waals surface area contributed by atoms with Crippen molar-refractivity contribution < 1.29 is 0 Å². The summed E-state index contributed by atoms with van der Waals surface area (Å²) in [5, 5.41) is 5.19. The van der Waals surface area contributed by atoms with Gasteiger partial charge >= 0.3 is 0 Å². The van der Waals surface area contributed by atoms with Crippen molar-refractivity contribution >= 4 is 17.7 Å². The van der Waals surface area contributed by atoms with Gasteiger partial charge in [0.25, 0.3) is 5.95 Å². The maximum Gasteiger partial charge on any atom is 0.257 e. The van der Waals surface area contributed by atoms with Gasteiger partial charge in [-0.25, -0.2) is 15.8 Å². The molecule has 0 aliphatic carbocycles. The van der Waals surface area contributed by atoms with E-state index in [0.717, 1.165) is 5.03 Å². The Kier molecular flexibility index (Phi) is 3.48. The highest BCUT2D eigenvalue weighted by molar-refractivity contribution is 7.99. The van der Waals surface area contributed by atoms with Gasteiger partial charge in [0, 0.05) is 6.20 Å². The molecule has 10 heteroatoms. The van der Waals surface area contributed by atoms with Crippen molar-refractivity contribution in [2.75, 3.05) is 5.43 Å². The number of hydrogen-bond donors (Lipinski definition) is 2. The lowest BCUT2D eigenvalue weighted by atomic mass is 10.5. The van der Waals surface area contributed by atoms with Gasteiger partial charge in [-0.3, -0.25) is 5.43 Å². The zero-order valence-electron chi connectivity index (χ0n) is 10.1. The molecular formula is C10H9N9S. The number of hydrazine groups is 1. The van der Waals surface area contributed by atoms with Crippen LogP contribution in [0.1, 0.15) is 0 Å². The van der Waals surface area contributed by atoms with Crippen LogP contribution in [0.2, 0.25) is 0 Å². The summed E-state index contributed by atoms with van der Waals surface area (Å²) in [6.45, 7) is 0. The van der Waals surface area contributed by atoms with Crippen LogP contribution >= 0.6 is 11.8 Å². The zero-order chi connectivity index (χ0) is 13.8. The first-order valence-electron chi connectivity index (χ1n) is 5.52. The lowest BCUT2D eigenvalue weighted by Gasteiger charge is -2.05. The van der Waals surface area contributed by atoms with E-state index in [2.05, 4.69) is 35.4 Å². The minimum atomic E-state index is 0.240. The van der Waals surface area contributed by atoms with E-state index in [9.17, 15) is 0 Å². The maximum absolute atomic E-state index is 5.36. The lowest BCUT2D eigenvalue weighted by molar-refractivity contribution is 0.759. The fourth-order valence-corrected chi connectivity index (χ4v) is 2.08. The molecule has 0 unspecified atom stereocenters. The molecule has 0 radical (unpaired) electrons. The highest BCUT2D eigenvalue weighted by atomic mass is 32.2. The highest BCUT2D eigenvalue weighted by Crippen LogP contribution is 2.23. The van der Waals surface area contributed by atoms with Crippen LogP contribution in [-0.2, 0) is 0 Å². The van der Waals surface area contributed by atoms with E-state index >= 15 is 0 Å². The third-order valence-corrected chi connectivity index (χ3v) is 3.01. The van der Waals surface area contributed by atoms with Crippen LogP contribution in [0.5, 0.6) is 0 Å². The van der Waals surface area contributed by atoms with Gasteiger partial charge in [-0.05, 0) is 23.9 Å². The minimum absolute atomic E-state index is 0.240. The van der Waals surface area contributed by atoms with Crippen molar-refractivity contribution in [2.45, 2.75) is 10.2 Å². The molecule has 0 aromatic carbocycles. The Morgan fingerprint density at radius 3 is 2.85 bits per heavy atom. The van der Waals surface area contributed by atoms with E-state index in [0.29, 0.717) is 11.1 Å². The Morgan fingerprint density at radius 2 is 2.15 bits per heavy atom. The monoisotopic (exact) mass is 287 g/mol. The van der Waals surface area contributed by atoms with Gasteiger partial charge < -0.3 is 0 Å². The molecule has 0 fully saturated rings. The molecule has 0 atom stereocenters. The molecule has 0 bridgehead atoms. The minimum Gasteiger partial charge on any atom is -0.292 e. The number of nitrogens with two attached hydrogens (primary N) is 1. The van der Waals surface area contributed by atoms with Crippen molar-refractivity contribution in [3.8, 4) is 5.95 Å². The summed E-state index contributed by atoms with van der Waals surface area (Å²) in [4.78, 5) is 20.6. The fourth-order valence-electron chi connectivity index (χ4n) is 1.37. The van der Waals surface area contributed by atoms with Gasteiger partial charge in [0.05, 0.1) is 0 Å². The molecule has 3 rings (SSSR count). The Balaban J connectivity index is 1.96. The van der Waals surface area contributed by atoms with Crippen LogP contribution in [-0.4, -0.2) is 34.7 Å². The van der Waals surface area contributed by atoms with E-state index in [1.165, 1.54) is 29.1 Å². The normalized spacial score (nSPS) is 10.4. The third-order valence-electron chi connectivity index (χ3n) is 2.19. The number of rotatable bonds is 4. The first-order valence-corrected chi connectivity index (χ1v) is 6.33. The van der Waals surface area contributed by atoms with Crippen LogP contribution in [0, 0.1) is 0 Å². The van der Waals surface area contributed by atoms with Gasteiger partial charge in [0.15, 0.2) is 0 Å². The number of pyridine rings is 1. The number of nitrogens with zero attached hydrogens (tertiary/aromatic N) is 7. The molecule has 0 amide bonds. The van der Waals surface area contributed by atoms with Gasteiger partial charge in [0.1, 0.15) is 17.7 Å². The summed E-state index contributed by atoms with van der Waals surface area (Å²) >= 11 is 1.30. The highest BCUT2D eigenvalue weighted by Gasteiger charge is 2.10. The molecule has 3 heterocycles. The van der Waals surface area contributed by atoms with E-state index < -0.39 is 0 Å². The van der Waals surface area contributed by atoms with E-state index in [4.69, 9.17) is 5.84 Å². The summed E-state index contributed by atoms with van der Waals surface area (Å²) < 4.78 is 1.42. The molecule has 0 aliphatic rings. The summed E-state index contributed by atoms with van der Waals surface area (Å²) in [7, 11) is 0. The predicted molar refractivity (Wildman–Crippen MR) is 70.9 cm³/mol. The maximum atomic E-state index is 5.36. The van der Waals surface area contributed by atoms with E-state index in [1.807, 2.05) is 18.2 Å². The van der Waals surface area contributed by atoms with Gasteiger partial charge in [-0.1, -0.05) is 6.07 Å². The SMILES string of the molecule is NNc1nc(Sc2ccccn2)nc(-n2cncn2)n1. The largest absolute Gasteiger partial charge is 0.292 e. The molecule has 3 aromatic rings. The molecule has 0 saturated heterocycles. The second-order valence-corrected chi connectivity index (χ2v) is 4.48. The standard InChI is InChI=1S/C10H9N9S/c11-18-8-15-9(19-6-12-5-14-19)17-10(16-8)20-7-3-1-2-4-13-7/h1-6H,11H2,(H,15,16,17,18). The van der Waals surface area contributed by atoms with Crippen molar-refractivity contribution in [3.05, 3.63) is 37.1 Å². The first-order chi connectivity index (χ1) is 9.85. The number of nitrogen functional groups attached to an aromatic ring is 1. The topological polar surface area (TPSA) is 120 Å². The molecule has 100 valence electrons. The third kappa shape index (κ3) is 2.70. The summed E-state index contributed by atoms with van der Waals surface area (Å²) in [5.41, 5.74) is 2.40. The van der Waals surface area contributed by atoms with Crippen molar-refractivity contribution in [1.29, 1.82) is 0 Å². The smallest absolute Gasteiger partial charge is 0.257 e. The number of hydrogen-bond acceptors (Lipinski definition) is 9. The van der Waals surface area contributed by atoms with Crippen LogP contribution in [0.25, 0.3) is 5.95 Å². The summed E-state index contributed by atoms with van der Waals surface area (Å²) in [5.74, 6) is 5.92. The van der Waals surface area contributed by atoms with Crippen LogP contribution in [0.4, 0.5) is 5.95 Å². The second kappa shape index (κ2) is 5.59. The average molecular weight is 287 g/mol. The van der Waals surface area contributed by atoms with Gasteiger partial charge in [-0.15, -0.1) is 0 Å². The molecular weight excluding hydrogens is 278 g/mol. The quantitative estimate of drug-likeness (QED) is 0.515. The molecule has 3 aromatic heterocycles. The zero-order valence-corrected chi connectivity index (χ0v) is 10.9. The predicted octanol–water partition coefficient (Wildman–Crippen LogP) is 0.284. The molecule has 9 nitrogen and oxygen atoms in total. The second-order valence-electron chi connectivity index (χ2n) is 3.50. The Hall–Kier alpha value is -2.59. The van der Waals surface area contributed by atoms with Crippen molar-refractivity contribution in [1.82, 2.24) is 34.7 Å².